The van der Waals surface area contributed by atoms with Gasteiger partial charge in [0.05, 0.1) is 17.0 Å². The molecule has 6 nitrogen and oxygen atoms in total. The van der Waals surface area contributed by atoms with Gasteiger partial charge in [-0.1, -0.05) is 37.2 Å². The topological polar surface area (TPSA) is 69.0 Å². The van der Waals surface area contributed by atoms with Crippen molar-refractivity contribution in [3.63, 3.8) is 0 Å². The minimum Gasteiger partial charge on any atom is -0.494 e. The van der Waals surface area contributed by atoms with Crippen molar-refractivity contribution in [1.82, 2.24) is 14.8 Å². The molecule has 2 heterocycles. The Labute approximate surface area is 183 Å². The van der Waals surface area contributed by atoms with Crippen LogP contribution in [0, 0.1) is 12.7 Å². The number of aromatic nitrogens is 3. The van der Waals surface area contributed by atoms with Crippen molar-refractivity contribution < 1.29 is 13.9 Å². The molecule has 1 N–H and O–H groups in total. The van der Waals surface area contributed by atoms with Crippen LogP contribution in [0.15, 0.2) is 48.5 Å². The molecule has 0 aliphatic rings. The Morgan fingerprint density at radius 3 is 2.74 bits per heavy atom. The van der Waals surface area contributed by atoms with Gasteiger partial charge < -0.3 is 10.1 Å². The largest absolute Gasteiger partial charge is 0.494 e. The van der Waals surface area contributed by atoms with Crippen LogP contribution in [0.3, 0.4) is 0 Å². The van der Waals surface area contributed by atoms with E-state index >= 15 is 0 Å². The minimum atomic E-state index is -0.383. The highest BCUT2D eigenvalue weighted by Gasteiger charge is 2.16. The van der Waals surface area contributed by atoms with Crippen LogP contribution < -0.4 is 10.1 Å². The Morgan fingerprint density at radius 2 is 2.00 bits per heavy atom. The van der Waals surface area contributed by atoms with Gasteiger partial charge in [0.15, 0.2) is 0 Å². The average molecular weight is 439 g/mol. The maximum absolute atomic E-state index is 14.0. The molecule has 0 aliphatic heterocycles. The summed E-state index contributed by atoms with van der Waals surface area (Å²) in [4.78, 5) is 17.1. The molecule has 0 radical (unpaired) electrons. The van der Waals surface area contributed by atoms with E-state index in [4.69, 9.17) is 4.74 Å². The number of hydrogen-bond acceptors (Lipinski definition) is 5. The van der Waals surface area contributed by atoms with E-state index in [-0.39, 0.29) is 11.7 Å². The molecule has 0 aliphatic carbocycles. The summed E-state index contributed by atoms with van der Waals surface area (Å²) in [5, 5.41) is 7.79. The van der Waals surface area contributed by atoms with Gasteiger partial charge >= 0.3 is 0 Å². The third kappa shape index (κ3) is 4.74. The maximum atomic E-state index is 14.0. The highest BCUT2D eigenvalue weighted by atomic mass is 32.1. The number of nitrogens with one attached hydrogen (secondary N) is 1. The average Bonchev–Trinajstić information content (AvgIpc) is 3.35. The molecule has 0 fully saturated rings. The molecule has 0 spiro atoms. The SMILES string of the molecule is CCCCCOc1ccc(C(=O)Nc2cc(C)nn2-c2nc3c(F)cccc3s2)cc1. The lowest BCUT2D eigenvalue weighted by Gasteiger charge is -2.08. The van der Waals surface area contributed by atoms with Crippen molar-refractivity contribution in [2.75, 3.05) is 11.9 Å². The molecular formula is C23H23FN4O2S. The molecular weight excluding hydrogens is 415 g/mol. The van der Waals surface area contributed by atoms with Gasteiger partial charge in [0.1, 0.15) is 22.9 Å². The Bertz CT molecular complexity index is 1200. The number of anilines is 1. The molecule has 0 saturated carbocycles. The standard InChI is InChI=1S/C23H23FN4O2S/c1-3-4-5-13-30-17-11-9-16(10-12-17)22(29)25-20-14-15(2)27-28(20)23-26-21-18(24)7-6-8-19(21)31-23/h6-12,14H,3-5,13H2,1-2H3,(H,25,29). The number of rotatable bonds is 8. The van der Waals surface area contributed by atoms with Gasteiger partial charge in [-0.3, -0.25) is 4.79 Å². The Kier molecular flexibility index (Phi) is 6.27. The van der Waals surface area contributed by atoms with Crippen LogP contribution in [0.2, 0.25) is 0 Å². The van der Waals surface area contributed by atoms with Crippen LogP contribution in [-0.4, -0.2) is 27.3 Å². The smallest absolute Gasteiger partial charge is 0.256 e. The summed E-state index contributed by atoms with van der Waals surface area (Å²) in [7, 11) is 0. The number of benzene rings is 2. The molecule has 2 aromatic carbocycles. The molecule has 0 atom stereocenters. The number of carbonyl (C=O) groups excluding carboxylic acids is 1. The first kappa shape index (κ1) is 21.0. The van der Waals surface area contributed by atoms with E-state index in [0.29, 0.717) is 34.3 Å². The molecule has 31 heavy (non-hydrogen) atoms. The summed E-state index contributed by atoms with van der Waals surface area (Å²) in [6.45, 7) is 4.64. The van der Waals surface area contributed by atoms with Crippen LogP contribution >= 0.6 is 11.3 Å². The zero-order valence-electron chi connectivity index (χ0n) is 17.4. The van der Waals surface area contributed by atoms with Crippen molar-refractivity contribution in [2.24, 2.45) is 0 Å². The van der Waals surface area contributed by atoms with Crippen molar-refractivity contribution >= 4 is 33.3 Å². The van der Waals surface area contributed by atoms with E-state index in [1.807, 2.05) is 6.92 Å². The molecule has 2 aromatic heterocycles. The quantitative estimate of drug-likeness (QED) is 0.356. The fraction of sp³-hybridized carbons (Fsp3) is 0.261. The summed E-state index contributed by atoms with van der Waals surface area (Å²) in [6, 6.07) is 13.6. The number of para-hydroxylation sites is 1. The Morgan fingerprint density at radius 1 is 1.19 bits per heavy atom. The number of carbonyl (C=O) groups is 1. The first-order valence-corrected chi connectivity index (χ1v) is 11.0. The van der Waals surface area contributed by atoms with Crippen LogP contribution in [0.5, 0.6) is 5.75 Å². The molecule has 0 saturated heterocycles. The maximum Gasteiger partial charge on any atom is 0.256 e. The van der Waals surface area contributed by atoms with Gasteiger partial charge in [-0.15, -0.1) is 0 Å². The predicted octanol–water partition coefficient (Wildman–Crippen LogP) is 5.75. The number of amides is 1. The minimum absolute atomic E-state index is 0.272. The molecule has 8 heteroatoms. The van der Waals surface area contributed by atoms with Crippen molar-refractivity contribution in [2.45, 2.75) is 33.1 Å². The fourth-order valence-electron chi connectivity index (χ4n) is 3.16. The number of aryl methyl sites for hydroxylation is 1. The lowest BCUT2D eigenvalue weighted by atomic mass is 10.2. The van der Waals surface area contributed by atoms with Gasteiger partial charge in [-0.05, 0) is 49.7 Å². The van der Waals surface area contributed by atoms with E-state index in [1.54, 1.807) is 42.5 Å². The van der Waals surface area contributed by atoms with E-state index in [1.165, 1.54) is 22.1 Å². The third-order valence-electron chi connectivity index (χ3n) is 4.75. The molecule has 4 aromatic rings. The van der Waals surface area contributed by atoms with E-state index in [2.05, 4.69) is 22.3 Å². The third-order valence-corrected chi connectivity index (χ3v) is 5.74. The number of unbranched alkanes of at least 4 members (excludes halogenated alkanes) is 2. The number of hydrogen-bond donors (Lipinski definition) is 1. The number of nitrogens with zero attached hydrogens (tertiary/aromatic N) is 3. The summed E-state index contributed by atoms with van der Waals surface area (Å²) in [5.41, 5.74) is 1.51. The van der Waals surface area contributed by atoms with E-state index in [9.17, 15) is 9.18 Å². The van der Waals surface area contributed by atoms with Crippen LogP contribution in [0.25, 0.3) is 15.3 Å². The molecule has 160 valence electrons. The van der Waals surface area contributed by atoms with Crippen molar-refractivity contribution in [3.8, 4) is 10.9 Å². The van der Waals surface area contributed by atoms with Crippen molar-refractivity contribution in [1.29, 1.82) is 0 Å². The molecule has 0 unspecified atom stereocenters. The number of thiazole rings is 1. The van der Waals surface area contributed by atoms with Gasteiger partial charge in [-0.2, -0.15) is 9.78 Å². The number of halogens is 1. The molecule has 0 bridgehead atoms. The second kappa shape index (κ2) is 9.26. The zero-order valence-corrected chi connectivity index (χ0v) is 18.2. The van der Waals surface area contributed by atoms with Crippen molar-refractivity contribution in [3.05, 3.63) is 65.6 Å². The zero-order chi connectivity index (χ0) is 21.8. The van der Waals surface area contributed by atoms with Crippen LogP contribution in [0.1, 0.15) is 42.2 Å². The predicted molar refractivity (Wildman–Crippen MR) is 121 cm³/mol. The lowest BCUT2D eigenvalue weighted by molar-refractivity contribution is 0.102. The number of ether oxygens (including phenoxy) is 1. The molecule has 4 rings (SSSR count). The van der Waals surface area contributed by atoms with Gasteiger partial charge in [0.2, 0.25) is 5.13 Å². The second-order valence-corrected chi connectivity index (χ2v) is 8.21. The lowest BCUT2D eigenvalue weighted by Crippen LogP contribution is -2.15. The first-order chi connectivity index (χ1) is 15.0. The first-order valence-electron chi connectivity index (χ1n) is 10.2. The summed E-state index contributed by atoms with van der Waals surface area (Å²) in [6.07, 6.45) is 3.29. The summed E-state index contributed by atoms with van der Waals surface area (Å²) >= 11 is 1.31. The van der Waals surface area contributed by atoms with Gasteiger partial charge in [0.25, 0.3) is 5.91 Å². The summed E-state index contributed by atoms with van der Waals surface area (Å²) in [5.74, 6) is 0.560. The van der Waals surface area contributed by atoms with Crippen LogP contribution in [-0.2, 0) is 0 Å². The van der Waals surface area contributed by atoms with Crippen LogP contribution in [0.4, 0.5) is 10.2 Å². The van der Waals surface area contributed by atoms with E-state index < -0.39 is 0 Å². The number of fused-ring (bicyclic) bond motifs is 1. The normalized spacial score (nSPS) is 11.1. The fourth-order valence-corrected chi connectivity index (χ4v) is 4.11. The second-order valence-electron chi connectivity index (χ2n) is 7.20. The Balaban J connectivity index is 1.50. The highest BCUT2D eigenvalue weighted by Crippen LogP contribution is 2.29. The highest BCUT2D eigenvalue weighted by molar-refractivity contribution is 7.20. The van der Waals surface area contributed by atoms with E-state index in [0.717, 1.165) is 29.7 Å². The van der Waals surface area contributed by atoms with Gasteiger partial charge in [0, 0.05) is 11.6 Å². The van der Waals surface area contributed by atoms with Gasteiger partial charge in [-0.25, -0.2) is 9.37 Å². The summed E-state index contributed by atoms with van der Waals surface area (Å²) < 4.78 is 22.0. The Hall–Kier alpha value is -3.26. The monoisotopic (exact) mass is 438 g/mol. The molecule has 1 amide bonds.